The molecular formula is C17H20Cl2N4O3S2. The number of carbonyl (C=O) groups is 1. The van der Waals surface area contributed by atoms with Crippen LogP contribution in [0, 0.1) is 0 Å². The second-order valence-corrected chi connectivity index (χ2v) is 9.83. The second-order valence-electron chi connectivity index (χ2n) is 6.22. The number of carbonyl (C=O) groups excluding carboxylic acids is 1. The van der Waals surface area contributed by atoms with Gasteiger partial charge in [-0.3, -0.25) is 9.20 Å². The van der Waals surface area contributed by atoms with Crippen LogP contribution in [0.2, 0.25) is 10.0 Å². The molecule has 0 saturated carbocycles. The Morgan fingerprint density at radius 1 is 1.29 bits per heavy atom. The van der Waals surface area contributed by atoms with E-state index >= 15 is 0 Å². The number of hydrogen-bond acceptors (Lipinski definition) is 6. The van der Waals surface area contributed by atoms with Crippen molar-refractivity contribution in [3.05, 3.63) is 34.1 Å². The van der Waals surface area contributed by atoms with Crippen molar-refractivity contribution in [2.75, 3.05) is 25.4 Å². The van der Waals surface area contributed by atoms with Crippen molar-refractivity contribution in [1.29, 1.82) is 0 Å². The molecule has 1 amide bonds. The monoisotopic (exact) mass is 462 g/mol. The molecule has 0 saturated heterocycles. The maximum Gasteiger partial charge on any atom is 0.284 e. The van der Waals surface area contributed by atoms with Crippen molar-refractivity contribution in [2.24, 2.45) is 0 Å². The van der Waals surface area contributed by atoms with Crippen LogP contribution in [-0.4, -0.2) is 54.0 Å². The normalized spacial score (nSPS) is 12.3. The number of imidazole rings is 1. The van der Waals surface area contributed by atoms with Crippen LogP contribution in [0.3, 0.4) is 0 Å². The third-order valence-electron chi connectivity index (χ3n) is 4.42. The van der Waals surface area contributed by atoms with E-state index < -0.39 is 15.9 Å². The van der Waals surface area contributed by atoms with E-state index in [1.165, 1.54) is 17.5 Å². The second kappa shape index (κ2) is 8.54. The minimum Gasteiger partial charge on any atom is -0.304 e. The highest BCUT2D eigenvalue weighted by atomic mass is 35.5. The molecule has 0 aliphatic heterocycles. The van der Waals surface area contributed by atoms with Crippen LogP contribution >= 0.6 is 34.5 Å². The number of sulfonamides is 1. The first-order chi connectivity index (χ1) is 13.3. The summed E-state index contributed by atoms with van der Waals surface area (Å²) in [5, 5.41) is 0.865. The van der Waals surface area contributed by atoms with E-state index in [9.17, 15) is 13.2 Å². The van der Waals surface area contributed by atoms with Crippen molar-refractivity contribution in [3.8, 4) is 0 Å². The van der Waals surface area contributed by atoms with Crippen LogP contribution in [0.5, 0.6) is 0 Å². The highest BCUT2D eigenvalue weighted by Gasteiger charge is 2.21. The number of nitrogens with one attached hydrogen (secondary N) is 1. The lowest BCUT2D eigenvalue weighted by Crippen LogP contribution is -2.34. The Labute approximate surface area is 177 Å². The Morgan fingerprint density at radius 3 is 2.68 bits per heavy atom. The SMILES string of the molecule is CCN(CC)CCCS(=O)(=O)NC(=O)c1cn2c(n1)sc1c(Cl)c(Cl)ccc12. The van der Waals surface area contributed by atoms with E-state index in [0.717, 1.165) is 23.3 Å². The van der Waals surface area contributed by atoms with Crippen LogP contribution in [0.15, 0.2) is 18.3 Å². The average Bonchev–Trinajstić information content (AvgIpc) is 3.20. The molecule has 0 aliphatic carbocycles. The van der Waals surface area contributed by atoms with Crippen molar-refractivity contribution >= 4 is 65.6 Å². The first kappa shape index (κ1) is 21.3. The third-order valence-corrected chi connectivity index (χ3v) is 7.75. The Morgan fingerprint density at radius 2 is 2.00 bits per heavy atom. The van der Waals surface area contributed by atoms with Gasteiger partial charge in [0.25, 0.3) is 5.91 Å². The van der Waals surface area contributed by atoms with Gasteiger partial charge in [0.05, 0.1) is 26.0 Å². The molecule has 3 rings (SSSR count). The van der Waals surface area contributed by atoms with E-state index in [-0.39, 0.29) is 11.4 Å². The van der Waals surface area contributed by atoms with Crippen molar-refractivity contribution in [1.82, 2.24) is 19.0 Å². The minimum absolute atomic E-state index is 0.0338. The van der Waals surface area contributed by atoms with Crippen LogP contribution in [-0.2, 0) is 10.0 Å². The zero-order chi connectivity index (χ0) is 20.5. The Balaban J connectivity index is 1.73. The summed E-state index contributed by atoms with van der Waals surface area (Å²) >= 11 is 13.5. The predicted octanol–water partition coefficient (Wildman–Crippen LogP) is 3.65. The number of fused-ring (bicyclic) bond motifs is 3. The lowest BCUT2D eigenvalue weighted by atomic mass is 10.3. The predicted molar refractivity (Wildman–Crippen MR) is 114 cm³/mol. The van der Waals surface area contributed by atoms with Gasteiger partial charge in [-0.25, -0.2) is 18.1 Å². The number of aromatic nitrogens is 2. The van der Waals surface area contributed by atoms with Gasteiger partial charge in [0, 0.05) is 6.20 Å². The summed E-state index contributed by atoms with van der Waals surface area (Å²) in [6, 6.07) is 3.44. The summed E-state index contributed by atoms with van der Waals surface area (Å²) in [6.45, 7) is 6.43. The summed E-state index contributed by atoms with van der Waals surface area (Å²) < 4.78 is 29.0. The van der Waals surface area contributed by atoms with Crippen LogP contribution < -0.4 is 4.72 Å². The van der Waals surface area contributed by atoms with Crippen molar-refractivity contribution in [2.45, 2.75) is 20.3 Å². The van der Waals surface area contributed by atoms with Gasteiger partial charge >= 0.3 is 0 Å². The summed E-state index contributed by atoms with van der Waals surface area (Å²) in [5.41, 5.74) is 0.787. The Bertz CT molecular complexity index is 1120. The van der Waals surface area contributed by atoms with Crippen LogP contribution in [0.4, 0.5) is 0 Å². The van der Waals surface area contributed by atoms with Gasteiger partial charge in [0.1, 0.15) is 5.69 Å². The standard InChI is InChI=1S/C17H20Cl2N4O3S2/c1-3-22(4-2)8-5-9-28(25,26)21-16(24)12-10-23-13-7-6-11(18)14(19)15(13)27-17(23)20-12/h6-7,10H,3-5,8-9H2,1-2H3,(H,21,24). The van der Waals surface area contributed by atoms with Crippen LogP contribution in [0.1, 0.15) is 30.8 Å². The minimum atomic E-state index is -3.73. The van der Waals surface area contributed by atoms with E-state index in [2.05, 4.69) is 14.6 Å². The summed E-state index contributed by atoms with van der Waals surface area (Å²) in [7, 11) is -3.73. The topological polar surface area (TPSA) is 83.8 Å². The Hall–Kier alpha value is -1.39. The average molecular weight is 463 g/mol. The lowest BCUT2D eigenvalue weighted by molar-refractivity contribution is 0.0977. The third kappa shape index (κ3) is 4.44. The molecule has 152 valence electrons. The van der Waals surface area contributed by atoms with E-state index in [1.54, 1.807) is 16.5 Å². The molecule has 0 spiro atoms. The number of amides is 1. The molecule has 1 N–H and O–H groups in total. The first-order valence-electron chi connectivity index (χ1n) is 8.78. The van der Waals surface area contributed by atoms with Gasteiger partial charge < -0.3 is 4.90 Å². The van der Waals surface area contributed by atoms with Gasteiger partial charge in [-0.15, -0.1) is 0 Å². The van der Waals surface area contributed by atoms with Gasteiger partial charge in [-0.1, -0.05) is 48.4 Å². The van der Waals surface area contributed by atoms with Gasteiger partial charge in [0.15, 0.2) is 4.96 Å². The highest BCUT2D eigenvalue weighted by Crippen LogP contribution is 2.36. The number of hydrogen-bond donors (Lipinski definition) is 1. The van der Waals surface area contributed by atoms with Gasteiger partial charge in [-0.05, 0) is 38.2 Å². The quantitative estimate of drug-likeness (QED) is 0.552. The number of benzene rings is 1. The smallest absolute Gasteiger partial charge is 0.284 e. The van der Waals surface area contributed by atoms with Crippen molar-refractivity contribution < 1.29 is 13.2 Å². The summed E-state index contributed by atoms with van der Waals surface area (Å²) in [6.07, 6.45) is 1.95. The molecule has 0 aliphatic rings. The number of halogens is 2. The zero-order valence-corrected chi connectivity index (χ0v) is 18.6. The molecule has 7 nitrogen and oxygen atoms in total. The molecule has 3 aromatic rings. The molecular weight excluding hydrogens is 443 g/mol. The maximum absolute atomic E-state index is 12.4. The molecule has 1 aromatic carbocycles. The molecule has 0 radical (unpaired) electrons. The molecule has 11 heteroatoms. The molecule has 2 aromatic heterocycles. The van der Waals surface area contributed by atoms with Crippen molar-refractivity contribution in [3.63, 3.8) is 0 Å². The number of rotatable bonds is 8. The molecule has 0 fully saturated rings. The van der Waals surface area contributed by atoms with E-state index in [1.807, 2.05) is 13.8 Å². The summed E-state index contributed by atoms with van der Waals surface area (Å²) in [5.74, 6) is -0.860. The number of thiazole rings is 1. The first-order valence-corrected chi connectivity index (χ1v) is 12.0. The zero-order valence-electron chi connectivity index (χ0n) is 15.4. The molecule has 28 heavy (non-hydrogen) atoms. The fourth-order valence-electron chi connectivity index (χ4n) is 2.88. The maximum atomic E-state index is 12.4. The molecule has 2 heterocycles. The van der Waals surface area contributed by atoms with Crippen LogP contribution in [0.25, 0.3) is 15.2 Å². The fourth-order valence-corrected chi connectivity index (χ4v) is 5.41. The number of nitrogens with zero attached hydrogens (tertiary/aromatic N) is 3. The largest absolute Gasteiger partial charge is 0.304 e. The van der Waals surface area contributed by atoms with Gasteiger partial charge in [-0.2, -0.15) is 0 Å². The van der Waals surface area contributed by atoms with Gasteiger partial charge in [0.2, 0.25) is 10.0 Å². The molecule has 0 bridgehead atoms. The summed E-state index contributed by atoms with van der Waals surface area (Å²) in [4.78, 5) is 19.3. The van der Waals surface area contributed by atoms with E-state index in [4.69, 9.17) is 23.2 Å². The Kier molecular flexibility index (Phi) is 6.51. The fraction of sp³-hybridized carbons (Fsp3) is 0.412. The molecule has 0 unspecified atom stereocenters. The highest BCUT2D eigenvalue weighted by molar-refractivity contribution is 7.90. The molecule has 0 atom stereocenters. The van der Waals surface area contributed by atoms with E-state index in [0.29, 0.717) is 28.0 Å². The lowest BCUT2D eigenvalue weighted by Gasteiger charge is -2.17.